The lowest BCUT2D eigenvalue weighted by Crippen LogP contribution is -2.55. The second-order valence-corrected chi connectivity index (χ2v) is 8.11. The fraction of sp³-hybridized carbons (Fsp3) is 0.700. The van der Waals surface area contributed by atoms with Gasteiger partial charge in [-0.05, 0) is 37.8 Å². The van der Waals surface area contributed by atoms with Crippen LogP contribution in [-0.2, 0) is 11.0 Å². The first-order chi connectivity index (χ1) is 13.4. The van der Waals surface area contributed by atoms with Gasteiger partial charge in [-0.25, -0.2) is 4.98 Å². The van der Waals surface area contributed by atoms with E-state index in [2.05, 4.69) is 9.88 Å². The number of pyridine rings is 1. The van der Waals surface area contributed by atoms with Gasteiger partial charge in [0.05, 0.1) is 5.56 Å². The lowest BCUT2D eigenvalue weighted by Gasteiger charge is -2.44. The third-order valence-corrected chi connectivity index (χ3v) is 6.46. The van der Waals surface area contributed by atoms with Crippen molar-refractivity contribution >= 4 is 11.7 Å². The van der Waals surface area contributed by atoms with E-state index in [-0.39, 0.29) is 11.8 Å². The third-order valence-electron chi connectivity index (χ3n) is 6.46. The van der Waals surface area contributed by atoms with Crippen LogP contribution >= 0.6 is 0 Å². The molecule has 3 fully saturated rings. The van der Waals surface area contributed by atoms with Gasteiger partial charge in [-0.15, -0.1) is 0 Å². The molecule has 1 aromatic rings. The number of nitrogens with zero attached hydrogens (tertiary/aromatic N) is 4. The quantitative estimate of drug-likeness (QED) is 0.788. The largest absolute Gasteiger partial charge is 0.417 e. The van der Waals surface area contributed by atoms with E-state index in [1.807, 2.05) is 9.80 Å². The van der Waals surface area contributed by atoms with E-state index >= 15 is 0 Å². The number of amides is 1. The Kier molecular flexibility index (Phi) is 5.49. The van der Waals surface area contributed by atoms with E-state index in [0.717, 1.165) is 57.3 Å². The van der Waals surface area contributed by atoms with Gasteiger partial charge in [-0.2, -0.15) is 13.2 Å². The van der Waals surface area contributed by atoms with Crippen LogP contribution in [0, 0.1) is 5.92 Å². The maximum atomic E-state index is 12.9. The van der Waals surface area contributed by atoms with Gasteiger partial charge >= 0.3 is 6.18 Å². The number of aromatic nitrogens is 1. The van der Waals surface area contributed by atoms with Crippen molar-refractivity contribution in [1.82, 2.24) is 14.8 Å². The lowest BCUT2D eigenvalue weighted by molar-refractivity contribution is -0.139. The molecule has 1 saturated carbocycles. The first-order valence-electron chi connectivity index (χ1n) is 10.2. The average molecular weight is 396 g/mol. The normalized spacial score (nSPS) is 23.0. The highest BCUT2D eigenvalue weighted by Crippen LogP contribution is 2.31. The molecule has 4 rings (SSSR count). The van der Waals surface area contributed by atoms with Crippen molar-refractivity contribution < 1.29 is 18.0 Å². The van der Waals surface area contributed by atoms with Gasteiger partial charge in [0.25, 0.3) is 0 Å². The standard InChI is InChI=1S/C20H27F3N4O/c21-20(22,23)16-4-5-18(24-14-16)26-8-6-15(7-9-26)19(28)27-12-10-25(11-13-27)17-2-1-3-17/h4-5,14-15,17H,1-3,6-13H2. The van der Waals surface area contributed by atoms with E-state index < -0.39 is 11.7 Å². The van der Waals surface area contributed by atoms with Crippen molar-refractivity contribution in [2.24, 2.45) is 5.92 Å². The predicted molar refractivity (Wildman–Crippen MR) is 100.0 cm³/mol. The van der Waals surface area contributed by atoms with Gasteiger partial charge in [0.15, 0.2) is 0 Å². The molecule has 0 spiro atoms. The molecule has 2 aliphatic heterocycles. The number of piperidine rings is 1. The number of carbonyl (C=O) groups excluding carboxylic acids is 1. The summed E-state index contributed by atoms with van der Waals surface area (Å²) in [5, 5.41) is 0. The van der Waals surface area contributed by atoms with Crippen molar-refractivity contribution in [3.05, 3.63) is 23.9 Å². The second-order valence-electron chi connectivity index (χ2n) is 8.11. The molecule has 0 N–H and O–H groups in total. The minimum Gasteiger partial charge on any atom is -0.357 e. The highest BCUT2D eigenvalue weighted by atomic mass is 19.4. The van der Waals surface area contributed by atoms with Crippen LogP contribution in [0.2, 0.25) is 0 Å². The Bertz CT molecular complexity index is 674. The summed E-state index contributed by atoms with van der Waals surface area (Å²) in [5.41, 5.74) is -0.734. The van der Waals surface area contributed by atoms with Crippen LogP contribution < -0.4 is 4.90 Å². The summed E-state index contributed by atoms with van der Waals surface area (Å²) < 4.78 is 38.0. The van der Waals surface area contributed by atoms with Crippen molar-refractivity contribution in [2.45, 2.75) is 44.3 Å². The molecule has 0 radical (unpaired) electrons. The van der Waals surface area contributed by atoms with Crippen molar-refractivity contribution in [2.75, 3.05) is 44.2 Å². The highest BCUT2D eigenvalue weighted by Gasteiger charge is 2.34. The second kappa shape index (κ2) is 7.89. The molecule has 1 aliphatic carbocycles. The molecule has 3 aliphatic rings. The zero-order valence-corrected chi connectivity index (χ0v) is 16.0. The Morgan fingerprint density at radius 3 is 2.14 bits per heavy atom. The maximum Gasteiger partial charge on any atom is 0.417 e. The van der Waals surface area contributed by atoms with E-state index in [9.17, 15) is 18.0 Å². The van der Waals surface area contributed by atoms with E-state index in [4.69, 9.17) is 0 Å². The first-order valence-corrected chi connectivity index (χ1v) is 10.2. The van der Waals surface area contributed by atoms with Crippen LogP contribution in [-0.4, -0.2) is 66.0 Å². The van der Waals surface area contributed by atoms with Crippen LogP contribution in [0.5, 0.6) is 0 Å². The SMILES string of the molecule is O=C(C1CCN(c2ccc(C(F)(F)F)cn2)CC1)N1CCN(C2CCC2)CC1. The fourth-order valence-electron chi connectivity index (χ4n) is 4.41. The number of alkyl halides is 3. The van der Waals surface area contributed by atoms with Crippen molar-refractivity contribution in [3.8, 4) is 0 Å². The number of piperazine rings is 1. The highest BCUT2D eigenvalue weighted by molar-refractivity contribution is 5.79. The molecule has 3 heterocycles. The molecule has 0 aromatic carbocycles. The molecule has 28 heavy (non-hydrogen) atoms. The maximum absolute atomic E-state index is 12.9. The Morgan fingerprint density at radius 1 is 0.964 bits per heavy atom. The number of rotatable bonds is 3. The van der Waals surface area contributed by atoms with E-state index in [1.54, 1.807) is 0 Å². The van der Waals surface area contributed by atoms with Gasteiger partial charge in [-0.3, -0.25) is 9.69 Å². The minimum absolute atomic E-state index is 0.0148. The monoisotopic (exact) mass is 396 g/mol. The van der Waals surface area contributed by atoms with Gasteiger partial charge in [0.2, 0.25) is 5.91 Å². The topological polar surface area (TPSA) is 39.7 Å². The number of hydrogen-bond donors (Lipinski definition) is 0. The minimum atomic E-state index is -4.37. The van der Waals surface area contributed by atoms with Gasteiger partial charge in [0, 0.05) is 57.4 Å². The summed E-state index contributed by atoms with van der Waals surface area (Å²) in [6.07, 6.45) is 1.89. The van der Waals surface area contributed by atoms with Gasteiger partial charge in [0.1, 0.15) is 5.82 Å². The summed E-state index contributed by atoms with van der Waals surface area (Å²) in [4.78, 5) is 23.3. The molecule has 2 saturated heterocycles. The molecule has 1 aromatic heterocycles. The average Bonchev–Trinajstić information content (AvgIpc) is 2.66. The van der Waals surface area contributed by atoms with Crippen LogP contribution in [0.4, 0.5) is 19.0 Å². The van der Waals surface area contributed by atoms with Crippen LogP contribution in [0.25, 0.3) is 0 Å². The molecule has 5 nitrogen and oxygen atoms in total. The Morgan fingerprint density at radius 2 is 1.64 bits per heavy atom. The predicted octanol–water partition coefficient (Wildman–Crippen LogP) is 3.01. The molecular formula is C20H27F3N4O. The Hall–Kier alpha value is -1.83. The molecular weight excluding hydrogens is 369 g/mol. The molecule has 0 bridgehead atoms. The summed E-state index contributed by atoms with van der Waals surface area (Å²) in [7, 11) is 0. The summed E-state index contributed by atoms with van der Waals surface area (Å²) in [6.45, 7) is 4.88. The summed E-state index contributed by atoms with van der Waals surface area (Å²) in [5.74, 6) is 0.808. The smallest absolute Gasteiger partial charge is 0.357 e. The number of halogens is 3. The molecule has 1 amide bonds. The van der Waals surface area contributed by atoms with Crippen molar-refractivity contribution in [1.29, 1.82) is 0 Å². The van der Waals surface area contributed by atoms with Crippen LogP contribution in [0.1, 0.15) is 37.7 Å². The fourth-order valence-corrected chi connectivity index (χ4v) is 4.41. The van der Waals surface area contributed by atoms with E-state index in [0.29, 0.717) is 18.9 Å². The number of carbonyl (C=O) groups is 1. The van der Waals surface area contributed by atoms with Crippen LogP contribution in [0.15, 0.2) is 18.3 Å². The molecule has 0 atom stereocenters. The third kappa shape index (κ3) is 4.11. The lowest BCUT2D eigenvalue weighted by atomic mass is 9.90. The Labute approximate surface area is 163 Å². The first kappa shape index (κ1) is 19.5. The molecule has 154 valence electrons. The Balaban J connectivity index is 1.26. The van der Waals surface area contributed by atoms with Crippen LogP contribution in [0.3, 0.4) is 0 Å². The summed E-state index contributed by atoms with van der Waals surface area (Å²) >= 11 is 0. The molecule has 8 heteroatoms. The zero-order valence-electron chi connectivity index (χ0n) is 16.0. The summed E-state index contributed by atoms with van der Waals surface area (Å²) in [6, 6.07) is 3.22. The number of anilines is 1. The zero-order chi connectivity index (χ0) is 19.7. The van der Waals surface area contributed by atoms with Gasteiger partial charge < -0.3 is 9.80 Å². The van der Waals surface area contributed by atoms with E-state index in [1.165, 1.54) is 25.3 Å². The van der Waals surface area contributed by atoms with Crippen molar-refractivity contribution in [3.63, 3.8) is 0 Å². The number of hydrogen-bond acceptors (Lipinski definition) is 4. The van der Waals surface area contributed by atoms with Gasteiger partial charge in [-0.1, -0.05) is 6.42 Å². The molecule has 0 unspecified atom stereocenters.